The van der Waals surface area contributed by atoms with Crippen LogP contribution in [0.15, 0.2) is 24.4 Å². The van der Waals surface area contributed by atoms with Crippen LogP contribution in [0.5, 0.6) is 0 Å². The summed E-state index contributed by atoms with van der Waals surface area (Å²) in [5.74, 6) is 0.127. The number of fused-ring (bicyclic) bond motifs is 1. The summed E-state index contributed by atoms with van der Waals surface area (Å²) in [4.78, 5) is 0. The van der Waals surface area contributed by atoms with Gasteiger partial charge in [-0.1, -0.05) is 13.8 Å². The maximum atomic E-state index is 12.9. The second-order valence-electron chi connectivity index (χ2n) is 5.78. The van der Waals surface area contributed by atoms with E-state index in [9.17, 15) is 13.2 Å². The Labute approximate surface area is 135 Å². The number of nitrogens with one attached hydrogen (secondary N) is 1. The first-order valence-electron chi connectivity index (χ1n) is 7.43. The van der Waals surface area contributed by atoms with E-state index < -0.39 is 12.0 Å². The van der Waals surface area contributed by atoms with E-state index in [0.29, 0.717) is 16.3 Å². The number of aryl methyl sites for hydroxylation is 1. The van der Waals surface area contributed by atoms with Crippen LogP contribution in [0.4, 0.5) is 24.8 Å². The summed E-state index contributed by atoms with van der Waals surface area (Å²) < 4.78 is 41.0. The number of halogens is 3. The zero-order valence-corrected chi connectivity index (χ0v) is 13.1. The molecule has 0 aliphatic carbocycles. The average molecular weight is 339 g/mol. The molecule has 10 heteroatoms. The number of nitrogens with zero attached hydrogens (tertiary/aromatic N) is 6. The van der Waals surface area contributed by atoms with Gasteiger partial charge in [-0.15, -0.1) is 15.3 Å². The molecular weight excluding hydrogens is 323 g/mol. The minimum Gasteiger partial charge on any atom is -0.322 e. The SMILES string of the molecule is CC(C)CCn1ccc(Nc2ccc3nnc(C(F)(F)F)n3n2)n1. The summed E-state index contributed by atoms with van der Waals surface area (Å²) in [6.45, 7) is 5.02. The van der Waals surface area contributed by atoms with Gasteiger partial charge in [0.2, 0.25) is 0 Å². The molecule has 0 radical (unpaired) electrons. The van der Waals surface area contributed by atoms with Gasteiger partial charge < -0.3 is 5.32 Å². The van der Waals surface area contributed by atoms with E-state index in [4.69, 9.17) is 0 Å². The highest BCUT2D eigenvalue weighted by atomic mass is 19.4. The molecule has 24 heavy (non-hydrogen) atoms. The molecule has 0 amide bonds. The molecule has 0 aromatic carbocycles. The fourth-order valence-electron chi connectivity index (χ4n) is 2.11. The first-order valence-corrected chi connectivity index (χ1v) is 7.43. The Bertz CT molecular complexity index is 834. The van der Waals surface area contributed by atoms with Crippen molar-refractivity contribution in [3.8, 4) is 0 Å². The van der Waals surface area contributed by atoms with E-state index in [1.165, 1.54) is 12.1 Å². The number of hydrogen-bond donors (Lipinski definition) is 1. The Morgan fingerprint density at radius 2 is 1.83 bits per heavy atom. The van der Waals surface area contributed by atoms with Crippen molar-refractivity contribution in [1.29, 1.82) is 0 Å². The van der Waals surface area contributed by atoms with E-state index in [0.717, 1.165) is 13.0 Å². The van der Waals surface area contributed by atoms with E-state index in [1.807, 2.05) is 6.20 Å². The highest BCUT2D eigenvalue weighted by molar-refractivity contribution is 5.53. The molecule has 7 nitrogen and oxygen atoms in total. The average Bonchev–Trinajstić information content (AvgIpc) is 3.10. The van der Waals surface area contributed by atoms with E-state index in [1.54, 1.807) is 10.7 Å². The predicted octanol–water partition coefficient (Wildman–Crippen LogP) is 3.13. The van der Waals surface area contributed by atoms with Gasteiger partial charge in [-0.05, 0) is 24.5 Å². The van der Waals surface area contributed by atoms with Crippen LogP contribution in [0, 0.1) is 5.92 Å². The van der Waals surface area contributed by atoms with Crippen LogP contribution in [-0.4, -0.2) is 29.6 Å². The summed E-state index contributed by atoms with van der Waals surface area (Å²) in [6.07, 6.45) is -1.83. The lowest BCUT2D eigenvalue weighted by Gasteiger charge is -2.06. The largest absolute Gasteiger partial charge is 0.453 e. The molecule has 0 saturated carbocycles. The van der Waals surface area contributed by atoms with Crippen molar-refractivity contribution in [2.75, 3.05) is 5.32 Å². The molecule has 0 fully saturated rings. The van der Waals surface area contributed by atoms with Crippen LogP contribution in [0.25, 0.3) is 5.65 Å². The quantitative estimate of drug-likeness (QED) is 0.773. The number of aromatic nitrogens is 6. The second-order valence-corrected chi connectivity index (χ2v) is 5.78. The summed E-state index contributed by atoms with van der Waals surface area (Å²) in [7, 11) is 0. The molecule has 0 bridgehead atoms. The lowest BCUT2D eigenvalue weighted by atomic mass is 10.1. The number of anilines is 2. The molecule has 3 aromatic heterocycles. The number of rotatable bonds is 5. The van der Waals surface area contributed by atoms with Crippen LogP contribution < -0.4 is 5.32 Å². The van der Waals surface area contributed by atoms with Crippen LogP contribution in [-0.2, 0) is 12.7 Å². The third kappa shape index (κ3) is 3.47. The van der Waals surface area contributed by atoms with Crippen molar-refractivity contribution in [3.05, 3.63) is 30.2 Å². The Morgan fingerprint density at radius 1 is 1.08 bits per heavy atom. The predicted molar refractivity (Wildman–Crippen MR) is 80.7 cm³/mol. The van der Waals surface area contributed by atoms with Crippen molar-refractivity contribution in [1.82, 2.24) is 29.6 Å². The molecule has 0 unspecified atom stereocenters. The summed E-state index contributed by atoms with van der Waals surface area (Å²) >= 11 is 0. The molecule has 0 aliphatic heterocycles. The summed E-state index contributed by atoms with van der Waals surface area (Å²) in [6, 6.07) is 4.67. The maximum absolute atomic E-state index is 12.9. The van der Waals surface area contributed by atoms with Crippen LogP contribution in [0.2, 0.25) is 0 Å². The van der Waals surface area contributed by atoms with Gasteiger partial charge in [-0.2, -0.15) is 22.8 Å². The van der Waals surface area contributed by atoms with Crippen LogP contribution >= 0.6 is 0 Å². The molecule has 0 saturated heterocycles. The first kappa shape index (κ1) is 16.2. The maximum Gasteiger partial charge on any atom is 0.453 e. The Balaban J connectivity index is 1.80. The van der Waals surface area contributed by atoms with Crippen molar-refractivity contribution in [3.63, 3.8) is 0 Å². The highest BCUT2D eigenvalue weighted by Crippen LogP contribution is 2.27. The van der Waals surface area contributed by atoms with Gasteiger partial charge in [-0.3, -0.25) is 4.68 Å². The fourth-order valence-corrected chi connectivity index (χ4v) is 2.11. The van der Waals surface area contributed by atoms with Gasteiger partial charge >= 0.3 is 6.18 Å². The van der Waals surface area contributed by atoms with E-state index >= 15 is 0 Å². The van der Waals surface area contributed by atoms with E-state index in [-0.39, 0.29) is 11.5 Å². The molecule has 0 aliphatic rings. The Kier molecular flexibility index (Phi) is 4.12. The zero-order valence-electron chi connectivity index (χ0n) is 13.1. The van der Waals surface area contributed by atoms with Gasteiger partial charge in [0, 0.05) is 18.8 Å². The minimum atomic E-state index is -4.62. The van der Waals surface area contributed by atoms with Crippen LogP contribution in [0.3, 0.4) is 0 Å². The van der Waals surface area contributed by atoms with Crippen molar-refractivity contribution < 1.29 is 13.2 Å². The van der Waals surface area contributed by atoms with Gasteiger partial charge in [0.15, 0.2) is 17.3 Å². The Morgan fingerprint density at radius 3 is 2.54 bits per heavy atom. The smallest absolute Gasteiger partial charge is 0.322 e. The van der Waals surface area contributed by atoms with Crippen molar-refractivity contribution >= 4 is 17.3 Å². The normalized spacial score (nSPS) is 12.2. The first-order chi connectivity index (χ1) is 11.3. The molecule has 128 valence electrons. The summed E-state index contributed by atoms with van der Waals surface area (Å²) in [5, 5.41) is 17.7. The highest BCUT2D eigenvalue weighted by Gasteiger charge is 2.37. The number of hydrogen-bond acceptors (Lipinski definition) is 5. The van der Waals surface area contributed by atoms with E-state index in [2.05, 4.69) is 39.6 Å². The minimum absolute atomic E-state index is 0.0235. The standard InChI is InChI=1S/C14H16F3N7/c1-9(2)5-7-23-8-6-11(21-23)18-10-3-4-12-19-20-13(14(15,16)17)24(12)22-10/h3-4,6,8-9H,5,7H2,1-2H3,(H,18,21,22). The zero-order chi connectivity index (χ0) is 17.3. The molecule has 3 heterocycles. The van der Waals surface area contributed by atoms with Crippen molar-refractivity contribution in [2.24, 2.45) is 5.92 Å². The lowest BCUT2D eigenvalue weighted by Crippen LogP contribution is -2.13. The van der Waals surface area contributed by atoms with Gasteiger partial charge in [0.05, 0.1) is 0 Å². The topological polar surface area (TPSA) is 72.9 Å². The fraction of sp³-hybridized carbons (Fsp3) is 0.429. The van der Waals surface area contributed by atoms with Gasteiger partial charge in [0.1, 0.15) is 0 Å². The summed E-state index contributed by atoms with van der Waals surface area (Å²) in [5.41, 5.74) is 0.0235. The molecule has 3 aromatic rings. The lowest BCUT2D eigenvalue weighted by molar-refractivity contribution is -0.146. The third-order valence-electron chi connectivity index (χ3n) is 3.35. The molecule has 0 spiro atoms. The Hall–Kier alpha value is -2.65. The van der Waals surface area contributed by atoms with Gasteiger partial charge in [-0.25, -0.2) is 0 Å². The molecule has 0 atom stereocenters. The third-order valence-corrected chi connectivity index (χ3v) is 3.35. The van der Waals surface area contributed by atoms with Gasteiger partial charge in [0.25, 0.3) is 5.82 Å². The monoisotopic (exact) mass is 339 g/mol. The molecule has 3 rings (SSSR count). The molecule has 1 N–H and O–H groups in total. The van der Waals surface area contributed by atoms with Crippen LogP contribution in [0.1, 0.15) is 26.1 Å². The molecular formula is C14H16F3N7. The second kappa shape index (κ2) is 6.10. The number of alkyl halides is 3. The van der Waals surface area contributed by atoms with Crippen molar-refractivity contribution in [2.45, 2.75) is 33.0 Å².